The van der Waals surface area contributed by atoms with Crippen molar-refractivity contribution in [2.24, 2.45) is 11.8 Å². The highest BCUT2D eigenvalue weighted by Crippen LogP contribution is 2.37. The van der Waals surface area contributed by atoms with E-state index in [0.29, 0.717) is 0 Å². The summed E-state index contributed by atoms with van der Waals surface area (Å²) in [6.45, 7) is 3.75. The Morgan fingerprint density at radius 2 is 1.65 bits per heavy atom. The Kier molecular flexibility index (Phi) is 7.55. The number of carbonyl (C=O) groups excluding carboxylic acids is 2. The van der Waals surface area contributed by atoms with Crippen LogP contribution in [0.5, 0.6) is 0 Å². The predicted molar refractivity (Wildman–Crippen MR) is 62.6 cm³/mol. The van der Waals surface area contributed by atoms with Crippen molar-refractivity contribution in [1.29, 1.82) is 0 Å². The van der Waals surface area contributed by atoms with Crippen molar-refractivity contribution >= 4 is 11.9 Å². The van der Waals surface area contributed by atoms with Crippen LogP contribution in [-0.4, -0.2) is 42.5 Å². The zero-order valence-corrected chi connectivity index (χ0v) is 11.6. The molecule has 0 saturated carbocycles. The van der Waals surface area contributed by atoms with Gasteiger partial charge >= 0.3 is 18.1 Å². The van der Waals surface area contributed by atoms with Gasteiger partial charge in [-0.05, 0) is 20.8 Å². The Morgan fingerprint density at radius 1 is 1.15 bits per heavy atom. The molecule has 0 aliphatic heterocycles. The Morgan fingerprint density at radius 3 is 2.00 bits per heavy atom. The number of hydrogen-bond acceptors (Lipinski definition) is 5. The van der Waals surface area contributed by atoms with Gasteiger partial charge in [-0.2, -0.15) is 13.2 Å². The summed E-state index contributed by atoms with van der Waals surface area (Å²) in [4.78, 5) is 22.8. The van der Waals surface area contributed by atoms with Crippen molar-refractivity contribution in [3.63, 3.8) is 0 Å². The standard InChI is InChI=1S/C12H19F3O5/c1-4-19-9(17)6-8(12(13,14)15)10(7(3)16)11(18)20-5-2/h7-8,10,16H,4-6H2,1-3H3/t7-,8-,10+/m0/s1. The van der Waals surface area contributed by atoms with Gasteiger partial charge in [0.1, 0.15) is 0 Å². The number of aliphatic hydroxyl groups is 1. The molecule has 0 aromatic heterocycles. The molecule has 0 aromatic carbocycles. The van der Waals surface area contributed by atoms with Gasteiger partial charge in [0.05, 0.1) is 37.6 Å². The predicted octanol–water partition coefficient (Wildman–Crippen LogP) is 1.68. The molecule has 0 fully saturated rings. The van der Waals surface area contributed by atoms with Gasteiger partial charge in [-0.15, -0.1) is 0 Å². The second-order valence-electron chi connectivity index (χ2n) is 4.18. The third-order valence-corrected chi connectivity index (χ3v) is 2.62. The van der Waals surface area contributed by atoms with Crippen LogP contribution in [0, 0.1) is 11.8 Å². The second-order valence-corrected chi connectivity index (χ2v) is 4.18. The summed E-state index contributed by atoms with van der Waals surface area (Å²) in [5, 5.41) is 9.43. The fourth-order valence-corrected chi connectivity index (χ4v) is 1.78. The minimum absolute atomic E-state index is 0.0673. The highest BCUT2D eigenvalue weighted by Gasteiger charge is 2.51. The molecule has 0 unspecified atom stereocenters. The van der Waals surface area contributed by atoms with Crippen molar-refractivity contribution in [1.82, 2.24) is 0 Å². The van der Waals surface area contributed by atoms with E-state index in [0.717, 1.165) is 6.92 Å². The first-order valence-corrected chi connectivity index (χ1v) is 6.22. The number of halogens is 3. The molecule has 118 valence electrons. The van der Waals surface area contributed by atoms with E-state index in [1.807, 2.05) is 0 Å². The van der Waals surface area contributed by atoms with Crippen LogP contribution in [0.4, 0.5) is 13.2 Å². The zero-order chi connectivity index (χ0) is 15.9. The molecule has 0 amide bonds. The summed E-state index contributed by atoms with van der Waals surface area (Å²) in [5.41, 5.74) is 0. The smallest absolute Gasteiger partial charge is 0.393 e. The first-order valence-electron chi connectivity index (χ1n) is 6.22. The van der Waals surface area contributed by atoms with E-state index in [2.05, 4.69) is 9.47 Å². The molecule has 0 aliphatic rings. The van der Waals surface area contributed by atoms with E-state index in [-0.39, 0.29) is 13.2 Å². The largest absolute Gasteiger partial charge is 0.466 e. The summed E-state index contributed by atoms with van der Waals surface area (Å²) in [7, 11) is 0. The molecule has 3 atom stereocenters. The molecule has 8 heteroatoms. The normalized spacial score (nSPS) is 16.1. The molecular weight excluding hydrogens is 281 g/mol. The van der Waals surface area contributed by atoms with Crippen LogP contribution in [0.25, 0.3) is 0 Å². The van der Waals surface area contributed by atoms with Gasteiger partial charge in [-0.25, -0.2) is 0 Å². The molecule has 0 saturated heterocycles. The number of hydrogen-bond donors (Lipinski definition) is 1. The van der Waals surface area contributed by atoms with Gasteiger partial charge in [0.15, 0.2) is 0 Å². The zero-order valence-electron chi connectivity index (χ0n) is 11.6. The monoisotopic (exact) mass is 300 g/mol. The fourth-order valence-electron chi connectivity index (χ4n) is 1.78. The lowest BCUT2D eigenvalue weighted by atomic mass is 9.85. The average molecular weight is 300 g/mol. The van der Waals surface area contributed by atoms with Gasteiger partial charge in [0.2, 0.25) is 0 Å². The topological polar surface area (TPSA) is 72.8 Å². The van der Waals surface area contributed by atoms with Crippen molar-refractivity contribution in [3.8, 4) is 0 Å². The lowest BCUT2D eigenvalue weighted by molar-refractivity contribution is -0.211. The number of aliphatic hydroxyl groups excluding tert-OH is 1. The van der Waals surface area contributed by atoms with Crippen molar-refractivity contribution in [2.45, 2.75) is 39.5 Å². The number of rotatable bonds is 7. The molecule has 0 aromatic rings. The highest BCUT2D eigenvalue weighted by atomic mass is 19.4. The SMILES string of the molecule is CCOC(=O)C[C@@H]([C@H](C(=O)OCC)[C@H](C)O)C(F)(F)F. The number of carbonyl (C=O) groups is 2. The van der Waals surface area contributed by atoms with Crippen LogP contribution < -0.4 is 0 Å². The van der Waals surface area contributed by atoms with Gasteiger partial charge in [0.25, 0.3) is 0 Å². The van der Waals surface area contributed by atoms with E-state index in [1.165, 1.54) is 13.8 Å². The first-order chi connectivity index (χ1) is 9.15. The maximum atomic E-state index is 13.0. The average Bonchev–Trinajstić information content (AvgIpc) is 2.27. The van der Waals surface area contributed by atoms with Gasteiger partial charge in [0, 0.05) is 0 Å². The quantitative estimate of drug-likeness (QED) is 0.724. The number of ether oxygens (including phenoxy) is 2. The second kappa shape index (κ2) is 8.08. The first kappa shape index (κ1) is 18.7. The minimum atomic E-state index is -4.83. The molecule has 0 heterocycles. The molecule has 0 rings (SSSR count). The molecule has 20 heavy (non-hydrogen) atoms. The van der Waals surface area contributed by atoms with Gasteiger partial charge in [-0.3, -0.25) is 9.59 Å². The molecular formula is C12H19F3O5. The highest BCUT2D eigenvalue weighted by molar-refractivity contribution is 5.76. The summed E-state index contributed by atoms with van der Waals surface area (Å²) >= 11 is 0. The Hall–Kier alpha value is -1.31. The van der Waals surface area contributed by atoms with Crippen molar-refractivity contribution in [2.75, 3.05) is 13.2 Å². The van der Waals surface area contributed by atoms with E-state index >= 15 is 0 Å². The third-order valence-electron chi connectivity index (χ3n) is 2.62. The molecule has 0 radical (unpaired) electrons. The van der Waals surface area contributed by atoms with Crippen molar-refractivity contribution < 1.29 is 37.3 Å². The lowest BCUT2D eigenvalue weighted by Gasteiger charge is -2.28. The van der Waals surface area contributed by atoms with Crippen LogP contribution in [0.1, 0.15) is 27.2 Å². The maximum Gasteiger partial charge on any atom is 0.393 e. The molecule has 0 bridgehead atoms. The van der Waals surface area contributed by atoms with Crippen LogP contribution in [0.15, 0.2) is 0 Å². The summed E-state index contributed by atoms with van der Waals surface area (Å²) in [5.74, 6) is -6.47. The lowest BCUT2D eigenvalue weighted by Crippen LogP contribution is -2.43. The summed E-state index contributed by atoms with van der Waals surface area (Å²) in [6.07, 6.45) is -7.47. The summed E-state index contributed by atoms with van der Waals surface area (Å²) < 4.78 is 48.0. The van der Waals surface area contributed by atoms with Crippen LogP contribution in [0.3, 0.4) is 0 Å². The molecule has 5 nitrogen and oxygen atoms in total. The minimum Gasteiger partial charge on any atom is -0.466 e. The van der Waals surface area contributed by atoms with Gasteiger partial charge < -0.3 is 14.6 Å². The van der Waals surface area contributed by atoms with E-state index in [4.69, 9.17) is 0 Å². The summed E-state index contributed by atoms with van der Waals surface area (Å²) in [6, 6.07) is 0. The Labute approximate surface area is 115 Å². The van der Waals surface area contributed by atoms with Crippen molar-refractivity contribution in [3.05, 3.63) is 0 Å². The number of alkyl halides is 3. The van der Waals surface area contributed by atoms with Crippen LogP contribution in [-0.2, 0) is 19.1 Å². The molecule has 1 N–H and O–H groups in total. The Balaban J connectivity index is 5.23. The van der Waals surface area contributed by atoms with E-state index < -0.39 is 42.5 Å². The fraction of sp³-hybridized carbons (Fsp3) is 0.833. The Bertz CT molecular complexity index is 328. The molecule has 0 spiro atoms. The third kappa shape index (κ3) is 5.77. The van der Waals surface area contributed by atoms with E-state index in [9.17, 15) is 27.9 Å². The van der Waals surface area contributed by atoms with E-state index in [1.54, 1.807) is 0 Å². The van der Waals surface area contributed by atoms with Crippen LogP contribution >= 0.6 is 0 Å². The number of esters is 2. The maximum absolute atomic E-state index is 13.0. The van der Waals surface area contributed by atoms with Crippen LogP contribution in [0.2, 0.25) is 0 Å². The molecule has 0 aliphatic carbocycles. The van der Waals surface area contributed by atoms with Gasteiger partial charge in [-0.1, -0.05) is 0 Å².